The van der Waals surface area contributed by atoms with Crippen LogP contribution in [0.4, 0.5) is 8.78 Å². The Morgan fingerprint density at radius 3 is 2.47 bits per heavy atom. The molecular formula is C12H9ClF2N2. The van der Waals surface area contributed by atoms with E-state index in [2.05, 4.69) is 9.97 Å². The van der Waals surface area contributed by atoms with Crippen LogP contribution >= 0.6 is 11.6 Å². The lowest BCUT2D eigenvalue weighted by atomic mass is 10.2. The summed E-state index contributed by atoms with van der Waals surface area (Å²) in [6, 6.07) is 3.13. The molecule has 2 nitrogen and oxygen atoms in total. The zero-order valence-electron chi connectivity index (χ0n) is 9.26. The summed E-state index contributed by atoms with van der Waals surface area (Å²) < 4.78 is 26.6. The standard InChI is InChI=1S/C12H9ClF2N2/c1-6-7(2)16-12(17-11(6)13)9-5-8(14)3-4-10(9)15/h3-5H,1-2H3. The Bertz CT molecular complexity index is 562. The van der Waals surface area contributed by atoms with Crippen molar-refractivity contribution in [2.75, 3.05) is 0 Å². The maximum absolute atomic E-state index is 13.5. The first kappa shape index (κ1) is 11.9. The second-order valence-corrected chi connectivity index (χ2v) is 4.03. The highest BCUT2D eigenvalue weighted by Crippen LogP contribution is 2.24. The number of aryl methyl sites for hydroxylation is 1. The number of hydrogen-bond acceptors (Lipinski definition) is 2. The summed E-state index contributed by atoms with van der Waals surface area (Å²) in [5, 5.41) is 0.246. The molecule has 2 aromatic rings. The van der Waals surface area contributed by atoms with Gasteiger partial charge in [-0.15, -0.1) is 0 Å². The Kier molecular flexibility index (Phi) is 3.07. The van der Waals surface area contributed by atoms with E-state index in [9.17, 15) is 8.78 Å². The van der Waals surface area contributed by atoms with Crippen molar-refractivity contribution in [2.24, 2.45) is 0 Å². The van der Waals surface area contributed by atoms with Gasteiger partial charge in [-0.05, 0) is 32.0 Å². The Hall–Kier alpha value is -1.55. The van der Waals surface area contributed by atoms with E-state index < -0.39 is 11.6 Å². The normalized spacial score (nSPS) is 10.6. The van der Waals surface area contributed by atoms with Crippen LogP contribution in [-0.2, 0) is 0 Å². The fraction of sp³-hybridized carbons (Fsp3) is 0.167. The van der Waals surface area contributed by atoms with Crippen LogP contribution in [0.25, 0.3) is 11.4 Å². The molecule has 5 heteroatoms. The minimum absolute atomic E-state index is 0.00926. The largest absolute Gasteiger partial charge is 0.233 e. The molecule has 0 aliphatic heterocycles. The summed E-state index contributed by atoms with van der Waals surface area (Å²) in [5.41, 5.74) is 1.38. The topological polar surface area (TPSA) is 25.8 Å². The van der Waals surface area contributed by atoms with E-state index in [1.54, 1.807) is 13.8 Å². The first-order valence-corrected chi connectivity index (χ1v) is 5.33. The predicted octanol–water partition coefficient (Wildman–Crippen LogP) is 3.69. The second kappa shape index (κ2) is 4.37. The molecule has 0 spiro atoms. The Balaban J connectivity index is 2.64. The van der Waals surface area contributed by atoms with Gasteiger partial charge in [0.2, 0.25) is 0 Å². The molecule has 17 heavy (non-hydrogen) atoms. The SMILES string of the molecule is Cc1nc(-c2cc(F)ccc2F)nc(Cl)c1C. The first-order valence-electron chi connectivity index (χ1n) is 4.95. The number of hydrogen-bond donors (Lipinski definition) is 0. The summed E-state index contributed by atoms with van der Waals surface area (Å²) in [4.78, 5) is 8.06. The maximum atomic E-state index is 13.5. The molecule has 1 aromatic carbocycles. The maximum Gasteiger partial charge on any atom is 0.164 e. The number of benzene rings is 1. The van der Waals surface area contributed by atoms with E-state index in [-0.39, 0.29) is 16.5 Å². The average molecular weight is 255 g/mol. The molecule has 0 unspecified atom stereocenters. The van der Waals surface area contributed by atoms with Crippen LogP contribution in [0.15, 0.2) is 18.2 Å². The first-order chi connectivity index (χ1) is 7.99. The van der Waals surface area contributed by atoms with Gasteiger partial charge in [-0.25, -0.2) is 18.7 Å². The fourth-order valence-electron chi connectivity index (χ4n) is 1.38. The zero-order valence-corrected chi connectivity index (χ0v) is 10.0. The van der Waals surface area contributed by atoms with Crippen molar-refractivity contribution >= 4 is 11.6 Å². The van der Waals surface area contributed by atoms with Crippen molar-refractivity contribution in [1.82, 2.24) is 9.97 Å². The van der Waals surface area contributed by atoms with Gasteiger partial charge >= 0.3 is 0 Å². The Labute approximate surface area is 102 Å². The number of rotatable bonds is 1. The van der Waals surface area contributed by atoms with E-state index in [0.717, 1.165) is 23.8 Å². The number of nitrogens with zero attached hydrogens (tertiary/aromatic N) is 2. The quantitative estimate of drug-likeness (QED) is 0.726. The molecule has 1 heterocycles. The third kappa shape index (κ3) is 2.26. The van der Waals surface area contributed by atoms with E-state index >= 15 is 0 Å². The van der Waals surface area contributed by atoms with Crippen LogP contribution in [-0.4, -0.2) is 9.97 Å². The monoisotopic (exact) mass is 254 g/mol. The van der Waals surface area contributed by atoms with Crippen molar-refractivity contribution in [2.45, 2.75) is 13.8 Å². The molecule has 0 aliphatic carbocycles. The molecule has 0 N–H and O–H groups in total. The molecule has 0 aliphatic rings. The summed E-state index contributed by atoms with van der Waals surface area (Å²) in [6.07, 6.45) is 0. The summed E-state index contributed by atoms with van der Waals surface area (Å²) >= 11 is 5.89. The molecule has 0 radical (unpaired) electrons. The molecule has 0 amide bonds. The molecule has 1 aromatic heterocycles. The van der Waals surface area contributed by atoms with Crippen LogP contribution in [0, 0.1) is 25.5 Å². The van der Waals surface area contributed by atoms with Crippen LogP contribution in [0.5, 0.6) is 0 Å². The van der Waals surface area contributed by atoms with Crippen LogP contribution in [0.2, 0.25) is 5.15 Å². The lowest BCUT2D eigenvalue weighted by molar-refractivity contribution is 0.602. The van der Waals surface area contributed by atoms with Gasteiger partial charge in [-0.1, -0.05) is 11.6 Å². The van der Waals surface area contributed by atoms with Gasteiger partial charge in [0.1, 0.15) is 16.8 Å². The van der Waals surface area contributed by atoms with Crippen molar-refractivity contribution in [1.29, 1.82) is 0 Å². The Morgan fingerprint density at radius 1 is 1.12 bits per heavy atom. The zero-order chi connectivity index (χ0) is 12.6. The second-order valence-electron chi connectivity index (χ2n) is 3.67. The lowest BCUT2D eigenvalue weighted by Gasteiger charge is -2.06. The lowest BCUT2D eigenvalue weighted by Crippen LogP contribution is -1.98. The number of halogens is 3. The molecular weight excluding hydrogens is 246 g/mol. The van der Waals surface area contributed by atoms with Gasteiger partial charge in [0.15, 0.2) is 5.82 Å². The smallest absolute Gasteiger partial charge is 0.164 e. The van der Waals surface area contributed by atoms with Crippen molar-refractivity contribution in [3.63, 3.8) is 0 Å². The highest BCUT2D eigenvalue weighted by Gasteiger charge is 2.12. The average Bonchev–Trinajstić information content (AvgIpc) is 2.28. The molecule has 2 rings (SSSR count). The van der Waals surface area contributed by atoms with Gasteiger partial charge < -0.3 is 0 Å². The van der Waals surface area contributed by atoms with Crippen LogP contribution in [0.1, 0.15) is 11.3 Å². The fourth-order valence-corrected chi connectivity index (χ4v) is 1.60. The summed E-state index contributed by atoms with van der Waals surface area (Å²) in [7, 11) is 0. The summed E-state index contributed by atoms with van der Waals surface area (Å²) in [5.74, 6) is -1.03. The molecule has 0 saturated heterocycles. The van der Waals surface area contributed by atoms with Crippen LogP contribution in [0.3, 0.4) is 0 Å². The van der Waals surface area contributed by atoms with E-state index in [1.165, 1.54) is 0 Å². The molecule has 0 atom stereocenters. The Morgan fingerprint density at radius 2 is 1.82 bits per heavy atom. The minimum atomic E-state index is -0.578. The van der Waals surface area contributed by atoms with E-state index in [0.29, 0.717) is 5.69 Å². The third-order valence-electron chi connectivity index (χ3n) is 2.50. The molecule has 0 bridgehead atoms. The summed E-state index contributed by atoms with van der Waals surface area (Å²) in [6.45, 7) is 3.51. The van der Waals surface area contributed by atoms with Gasteiger partial charge in [-0.3, -0.25) is 0 Å². The van der Waals surface area contributed by atoms with Crippen molar-refractivity contribution < 1.29 is 8.78 Å². The molecule has 88 valence electrons. The number of aromatic nitrogens is 2. The van der Waals surface area contributed by atoms with Crippen molar-refractivity contribution in [3.8, 4) is 11.4 Å². The third-order valence-corrected chi connectivity index (χ3v) is 2.87. The van der Waals surface area contributed by atoms with Gasteiger partial charge in [-0.2, -0.15) is 0 Å². The van der Waals surface area contributed by atoms with Crippen molar-refractivity contribution in [3.05, 3.63) is 46.2 Å². The highest BCUT2D eigenvalue weighted by molar-refractivity contribution is 6.30. The molecule has 0 saturated carbocycles. The van der Waals surface area contributed by atoms with E-state index in [1.807, 2.05) is 0 Å². The predicted molar refractivity (Wildman–Crippen MR) is 61.9 cm³/mol. The van der Waals surface area contributed by atoms with Gasteiger partial charge in [0.05, 0.1) is 5.56 Å². The van der Waals surface area contributed by atoms with Crippen LogP contribution < -0.4 is 0 Å². The van der Waals surface area contributed by atoms with Gasteiger partial charge in [0.25, 0.3) is 0 Å². The molecule has 0 fully saturated rings. The highest BCUT2D eigenvalue weighted by atomic mass is 35.5. The van der Waals surface area contributed by atoms with E-state index in [4.69, 9.17) is 11.6 Å². The van der Waals surface area contributed by atoms with Gasteiger partial charge in [0, 0.05) is 11.3 Å². The minimum Gasteiger partial charge on any atom is -0.233 e.